The van der Waals surface area contributed by atoms with Crippen molar-refractivity contribution in [2.75, 3.05) is 0 Å². The van der Waals surface area contributed by atoms with Crippen molar-refractivity contribution in [2.24, 2.45) is 0 Å². The van der Waals surface area contributed by atoms with Gasteiger partial charge in [-0.15, -0.1) is 0 Å². The van der Waals surface area contributed by atoms with Crippen LogP contribution in [0, 0.1) is 0 Å². The molecule has 0 saturated carbocycles. The van der Waals surface area contributed by atoms with Crippen LogP contribution < -0.4 is 21.1 Å². The van der Waals surface area contributed by atoms with Crippen LogP contribution >= 0.6 is 23.1 Å². The summed E-state index contributed by atoms with van der Waals surface area (Å²) in [7, 11) is 0. The largest absolute Gasteiger partial charge is 0.342 e. The smallest absolute Gasteiger partial charge is 0.255 e. The Labute approximate surface area is 291 Å². The van der Waals surface area contributed by atoms with Gasteiger partial charge < -0.3 is 0 Å². The number of rotatable bonds is 10. The topological polar surface area (TPSA) is 88.0 Å². The van der Waals surface area contributed by atoms with Crippen LogP contribution in [-0.4, -0.2) is 17.0 Å². The predicted molar refractivity (Wildman–Crippen MR) is 197 cm³/mol. The van der Waals surface area contributed by atoms with E-state index in [1.54, 1.807) is 3.96 Å². The SMILES string of the molecule is O=c1sn(C(c2ccccc2)c2ccccc2)c(=O)n1Cc1ccccc1.O=c1sn(CCc2ccccc2)c(=O)n1Cc1ccccc1. The lowest BCUT2D eigenvalue weighted by Gasteiger charge is -2.17. The molecule has 5 aromatic carbocycles. The molecule has 0 bridgehead atoms. The average Bonchev–Trinajstić information content (AvgIpc) is 3.58. The molecule has 0 aliphatic carbocycles. The molecule has 0 spiro atoms. The van der Waals surface area contributed by atoms with Crippen molar-refractivity contribution in [3.05, 3.63) is 220 Å². The minimum atomic E-state index is -0.324. The lowest BCUT2D eigenvalue weighted by Crippen LogP contribution is -2.31. The summed E-state index contributed by atoms with van der Waals surface area (Å²) in [5.74, 6) is 0. The monoisotopic (exact) mass is 686 g/mol. The first-order valence-electron chi connectivity index (χ1n) is 15.8. The molecule has 2 heterocycles. The molecule has 0 amide bonds. The molecular formula is C39H34N4O4S2. The number of hydrogen-bond acceptors (Lipinski definition) is 6. The molecule has 8 nitrogen and oxygen atoms in total. The number of benzene rings is 5. The molecule has 7 rings (SSSR count). The number of hydrogen-bond donors (Lipinski definition) is 0. The third kappa shape index (κ3) is 8.29. The van der Waals surface area contributed by atoms with Gasteiger partial charge >= 0.3 is 21.1 Å². The summed E-state index contributed by atoms with van der Waals surface area (Å²) in [5.41, 5.74) is 4.47. The minimum Gasteiger partial charge on any atom is -0.255 e. The van der Waals surface area contributed by atoms with Crippen LogP contribution in [0.1, 0.15) is 33.9 Å². The van der Waals surface area contributed by atoms with Gasteiger partial charge in [0.05, 0.1) is 19.1 Å². The molecule has 0 aliphatic heterocycles. The first-order valence-corrected chi connectivity index (χ1v) is 17.4. The summed E-state index contributed by atoms with van der Waals surface area (Å²) in [5, 5.41) is 0. The molecule has 0 radical (unpaired) electrons. The van der Waals surface area contributed by atoms with Crippen molar-refractivity contribution in [2.45, 2.75) is 32.1 Å². The van der Waals surface area contributed by atoms with Gasteiger partial charge in [0.15, 0.2) is 0 Å². The van der Waals surface area contributed by atoms with Gasteiger partial charge in [0.25, 0.3) is 0 Å². The van der Waals surface area contributed by atoms with Gasteiger partial charge in [-0.05, 0) is 34.2 Å². The first kappa shape index (κ1) is 33.3. The Kier molecular flexibility index (Phi) is 10.9. The van der Waals surface area contributed by atoms with E-state index in [4.69, 9.17) is 0 Å². The van der Waals surface area contributed by atoms with Gasteiger partial charge in [-0.25, -0.2) is 26.6 Å². The van der Waals surface area contributed by atoms with E-state index in [2.05, 4.69) is 0 Å². The van der Waals surface area contributed by atoms with Crippen LogP contribution in [0.3, 0.4) is 0 Å². The fourth-order valence-electron chi connectivity index (χ4n) is 5.47. The molecular weight excluding hydrogens is 653 g/mol. The first-order chi connectivity index (χ1) is 24.0. The fourth-order valence-corrected chi connectivity index (χ4v) is 7.20. The Morgan fingerprint density at radius 1 is 0.449 bits per heavy atom. The maximum Gasteiger partial charge on any atom is 0.342 e. The van der Waals surface area contributed by atoms with Crippen LogP contribution in [0.2, 0.25) is 0 Å². The third-order valence-electron chi connectivity index (χ3n) is 7.95. The van der Waals surface area contributed by atoms with Gasteiger partial charge in [-0.1, -0.05) is 152 Å². The summed E-state index contributed by atoms with van der Waals surface area (Å²) in [6.07, 6.45) is 0.742. The molecule has 49 heavy (non-hydrogen) atoms. The second kappa shape index (κ2) is 16.0. The zero-order valence-electron chi connectivity index (χ0n) is 26.6. The van der Waals surface area contributed by atoms with Gasteiger partial charge in [0.2, 0.25) is 0 Å². The third-order valence-corrected chi connectivity index (χ3v) is 9.82. The Morgan fingerprint density at radius 3 is 1.31 bits per heavy atom. The second-order valence-corrected chi connectivity index (χ2v) is 13.2. The molecule has 7 aromatic rings. The summed E-state index contributed by atoms with van der Waals surface area (Å²) < 4.78 is 5.72. The molecule has 0 fully saturated rings. The molecule has 0 saturated heterocycles. The maximum absolute atomic E-state index is 13.1. The van der Waals surface area contributed by atoms with E-state index in [1.165, 1.54) is 13.1 Å². The second-order valence-electron chi connectivity index (χ2n) is 11.3. The average molecular weight is 687 g/mol. The Morgan fingerprint density at radius 2 is 0.837 bits per heavy atom. The fraction of sp³-hybridized carbons (Fsp3) is 0.128. The van der Waals surface area contributed by atoms with Crippen molar-refractivity contribution >= 4 is 23.1 Å². The quantitative estimate of drug-likeness (QED) is 0.174. The van der Waals surface area contributed by atoms with Crippen molar-refractivity contribution in [1.29, 1.82) is 0 Å². The normalized spacial score (nSPS) is 10.9. The molecule has 0 N–H and O–H groups in total. The van der Waals surface area contributed by atoms with E-state index in [0.717, 1.165) is 57.3 Å². The Bertz CT molecular complexity index is 2270. The molecule has 0 atom stereocenters. The lowest BCUT2D eigenvalue weighted by molar-refractivity contribution is 0.639. The molecule has 0 unspecified atom stereocenters. The zero-order chi connectivity index (χ0) is 34.0. The van der Waals surface area contributed by atoms with Gasteiger partial charge in [0.1, 0.15) is 0 Å². The number of nitrogens with zero attached hydrogens (tertiary/aromatic N) is 4. The minimum absolute atomic E-state index is 0.207. The van der Waals surface area contributed by atoms with E-state index in [0.29, 0.717) is 13.1 Å². The highest BCUT2D eigenvalue weighted by molar-refractivity contribution is 7.03. The molecule has 246 valence electrons. The standard InChI is InChI=1S/C22H18N2O2S.C17H16N2O2S/c25-21-23(16-17-10-4-1-5-11-17)22(26)27-24(21)20(18-12-6-2-7-13-18)19-14-8-3-9-15-19;20-16-18(13-15-9-5-2-6-10-15)17(21)22-19(16)12-11-14-7-3-1-4-8-14/h1-15,20H,16H2;1-10H,11-13H2. The van der Waals surface area contributed by atoms with Crippen molar-refractivity contribution in [3.63, 3.8) is 0 Å². The summed E-state index contributed by atoms with van der Waals surface area (Å²) in [4.78, 5) is 49.6. The van der Waals surface area contributed by atoms with Gasteiger partial charge in [0, 0.05) is 29.6 Å². The van der Waals surface area contributed by atoms with Crippen LogP contribution in [0.25, 0.3) is 0 Å². The van der Waals surface area contributed by atoms with E-state index in [9.17, 15) is 19.2 Å². The van der Waals surface area contributed by atoms with Crippen LogP contribution in [0.4, 0.5) is 0 Å². The Hall–Kier alpha value is -5.58. The maximum atomic E-state index is 13.1. The number of aryl methyl sites for hydroxylation is 2. The highest BCUT2D eigenvalue weighted by Crippen LogP contribution is 2.26. The molecule has 0 aliphatic rings. The van der Waals surface area contributed by atoms with Crippen LogP contribution in [-0.2, 0) is 26.1 Å². The summed E-state index contributed by atoms with van der Waals surface area (Å²) in [6.45, 7) is 1.14. The van der Waals surface area contributed by atoms with Crippen LogP contribution in [0.15, 0.2) is 171 Å². The van der Waals surface area contributed by atoms with E-state index in [1.807, 2.05) is 152 Å². The highest BCUT2D eigenvalue weighted by Gasteiger charge is 2.22. The molecule has 10 heteroatoms. The summed E-state index contributed by atoms with van der Waals surface area (Å²) in [6, 6.07) is 48.3. The Balaban J connectivity index is 0.000000174. The van der Waals surface area contributed by atoms with E-state index in [-0.39, 0.29) is 33.7 Å². The zero-order valence-corrected chi connectivity index (χ0v) is 28.2. The van der Waals surface area contributed by atoms with Crippen molar-refractivity contribution < 1.29 is 0 Å². The summed E-state index contributed by atoms with van der Waals surface area (Å²) >= 11 is 1.96. The van der Waals surface area contributed by atoms with Crippen molar-refractivity contribution in [1.82, 2.24) is 17.0 Å². The highest BCUT2D eigenvalue weighted by atomic mass is 32.1. The predicted octanol–water partition coefficient (Wildman–Crippen LogP) is 6.12. The molecule has 2 aromatic heterocycles. The van der Waals surface area contributed by atoms with Gasteiger partial charge in [-0.2, -0.15) is 0 Å². The van der Waals surface area contributed by atoms with E-state index >= 15 is 0 Å². The number of aromatic nitrogens is 4. The van der Waals surface area contributed by atoms with Gasteiger partial charge in [-0.3, -0.25) is 9.59 Å². The van der Waals surface area contributed by atoms with Crippen molar-refractivity contribution in [3.8, 4) is 0 Å². The van der Waals surface area contributed by atoms with E-state index < -0.39 is 0 Å². The lowest BCUT2D eigenvalue weighted by atomic mass is 9.99. The van der Waals surface area contributed by atoms with Crippen LogP contribution in [0.5, 0.6) is 0 Å².